The fourth-order valence-electron chi connectivity index (χ4n) is 2.92. The zero-order valence-corrected chi connectivity index (χ0v) is 10.9. The van der Waals surface area contributed by atoms with Gasteiger partial charge in [-0.2, -0.15) is 0 Å². The molecule has 2 aliphatic heterocycles. The molecule has 2 saturated heterocycles. The molecule has 2 N–H and O–H groups in total. The van der Waals surface area contributed by atoms with Crippen LogP contribution in [0.5, 0.6) is 0 Å². The van der Waals surface area contributed by atoms with Crippen LogP contribution in [-0.2, 0) is 9.59 Å². The Morgan fingerprint density at radius 3 is 2.47 bits per heavy atom. The fraction of sp³-hybridized carbons (Fsp3) is 0.846. The summed E-state index contributed by atoms with van der Waals surface area (Å²) in [5.74, 6) is 0.368. The summed E-state index contributed by atoms with van der Waals surface area (Å²) in [5.41, 5.74) is 4.50. The predicted octanol–water partition coefficient (Wildman–Crippen LogP) is 1.47. The number of nitrogens with zero attached hydrogens (tertiary/aromatic N) is 1. The molecule has 2 rings (SSSR count). The van der Waals surface area contributed by atoms with E-state index in [0.717, 1.165) is 38.5 Å². The molecule has 4 heteroatoms. The summed E-state index contributed by atoms with van der Waals surface area (Å²) in [6, 6.07) is 0.233. The zero-order chi connectivity index (χ0) is 12.8. The first-order chi connectivity index (χ1) is 8.20. The Hall–Kier alpha value is -0.900. The molecule has 2 fully saturated rings. The van der Waals surface area contributed by atoms with E-state index in [9.17, 15) is 9.59 Å². The van der Waals surface area contributed by atoms with Gasteiger partial charge in [-0.1, -0.05) is 6.42 Å². The Kier molecular flexibility index (Phi) is 5.62. The van der Waals surface area contributed by atoms with E-state index in [1.165, 1.54) is 7.05 Å². The number of rotatable bonds is 1. The molecule has 0 aromatic carbocycles. The van der Waals surface area contributed by atoms with Crippen LogP contribution in [-0.4, -0.2) is 35.7 Å². The highest BCUT2D eigenvalue weighted by Crippen LogP contribution is 2.30. The quantitative estimate of drug-likeness (QED) is 0.755. The van der Waals surface area contributed by atoms with E-state index in [4.69, 9.17) is 0 Å². The van der Waals surface area contributed by atoms with Gasteiger partial charge in [-0.3, -0.25) is 9.59 Å². The van der Waals surface area contributed by atoms with Gasteiger partial charge in [0.25, 0.3) is 0 Å². The Labute approximate surface area is 104 Å². The maximum atomic E-state index is 11.9. The maximum Gasteiger partial charge on any atom is 0.223 e. The normalized spacial score (nSPS) is 28.6. The Morgan fingerprint density at radius 1 is 1.18 bits per heavy atom. The Morgan fingerprint density at radius 2 is 1.82 bits per heavy atom. The van der Waals surface area contributed by atoms with Crippen molar-refractivity contribution < 1.29 is 9.59 Å². The van der Waals surface area contributed by atoms with Crippen molar-refractivity contribution in [3.05, 3.63) is 0 Å². The standard InChI is InChI=1S/C12H19NO2.CH5N/c1-9(14)11-7-4-6-10-5-2-3-8-12(15)13(10)11;1-2/h10-11H,2-8H2,1H3;2H2,1H3. The van der Waals surface area contributed by atoms with Gasteiger partial charge in [-0.05, 0) is 46.1 Å². The molecule has 0 saturated carbocycles. The van der Waals surface area contributed by atoms with Crippen LogP contribution in [0.2, 0.25) is 0 Å². The monoisotopic (exact) mass is 240 g/mol. The van der Waals surface area contributed by atoms with Crippen molar-refractivity contribution in [3.8, 4) is 0 Å². The summed E-state index contributed by atoms with van der Waals surface area (Å²) in [6.07, 6.45) is 6.93. The van der Waals surface area contributed by atoms with Crippen LogP contribution in [0.4, 0.5) is 0 Å². The number of fused-ring (bicyclic) bond motifs is 1. The van der Waals surface area contributed by atoms with Gasteiger partial charge in [0, 0.05) is 12.5 Å². The van der Waals surface area contributed by atoms with Crippen LogP contribution in [0, 0.1) is 0 Å². The number of nitrogens with two attached hydrogens (primary N) is 1. The molecule has 0 aromatic heterocycles. The highest BCUT2D eigenvalue weighted by molar-refractivity contribution is 5.88. The molecule has 4 nitrogen and oxygen atoms in total. The van der Waals surface area contributed by atoms with Gasteiger partial charge in [-0.15, -0.1) is 0 Å². The van der Waals surface area contributed by atoms with E-state index in [1.807, 2.05) is 4.90 Å². The molecule has 1 amide bonds. The lowest BCUT2D eigenvalue weighted by Gasteiger charge is -2.40. The van der Waals surface area contributed by atoms with Crippen LogP contribution in [0.1, 0.15) is 51.9 Å². The molecule has 17 heavy (non-hydrogen) atoms. The second kappa shape index (κ2) is 6.74. The predicted molar refractivity (Wildman–Crippen MR) is 67.5 cm³/mol. The minimum Gasteiger partial charge on any atom is -0.333 e. The lowest BCUT2D eigenvalue weighted by Crippen LogP contribution is -2.52. The summed E-state index contributed by atoms with van der Waals surface area (Å²) in [7, 11) is 1.50. The number of hydrogen-bond donors (Lipinski definition) is 1. The Bertz CT molecular complexity index is 279. The van der Waals surface area contributed by atoms with Crippen molar-refractivity contribution >= 4 is 11.7 Å². The highest BCUT2D eigenvalue weighted by atomic mass is 16.2. The third kappa shape index (κ3) is 3.28. The van der Waals surface area contributed by atoms with Crippen molar-refractivity contribution in [2.24, 2.45) is 5.73 Å². The van der Waals surface area contributed by atoms with Gasteiger partial charge < -0.3 is 10.6 Å². The number of Topliss-reactive ketones (excluding diaryl/α,β-unsaturated/α-hetero) is 1. The first kappa shape index (κ1) is 14.2. The van der Waals surface area contributed by atoms with Crippen molar-refractivity contribution in [1.29, 1.82) is 0 Å². The zero-order valence-electron chi connectivity index (χ0n) is 10.9. The van der Waals surface area contributed by atoms with Crippen LogP contribution in [0.3, 0.4) is 0 Å². The molecule has 0 radical (unpaired) electrons. The van der Waals surface area contributed by atoms with Crippen molar-refractivity contribution in [2.45, 2.75) is 64.0 Å². The second-order valence-electron chi connectivity index (χ2n) is 4.76. The lowest BCUT2D eigenvalue weighted by atomic mass is 9.92. The molecule has 2 heterocycles. The first-order valence-electron chi connectivity index (χ1n) is 6.59. The average Bonchev–Trinajstić information content (AvgIpc) is 2.54. The van der Waals surface area contributed by atoms with Gasteiger partial charge >= 0.3 is 0 Å². The average molecular weight is 240 g/mol. The molecule has 98 valence electrons. The van der Waals surface area contributed by atoms with E-state index in [0.29, 0.717) is 12.5 Å². The summed E-state index contributed by atoms with van der Waals surface area (Å²) in [4.78, 5) is 25.4. The van der Waals surface area contributed by atoms with E-state index < -0.39 is 0 Å². The van der Waals surface area contributed by atoms with E-state index in [1.54, 1.807) is 6.92 Å². The third-order valence-electron chi connectivity index (χ3n) is 3.68. The van der Waals surface area contributed by atoms with Crippen molar-refractivity contribution in [1.82, 2.24) is 4.90 Å². The SMILES string of the molecule is CC(=O)C1CCCC2CCCCC(=O)N21.CN. The molecule has 2 unspecified atom stereocenters. The van der Waals surface area contributed by atoms with Crippen LogP contribution < -0.4 is 5.73 Å². The van der Waals surface area contributed by atoms with E-state index in [-0.39, 0.29) is 17.7 Å². The van der Waals surface area contributed by atoms with Gasteiger partial charge in [0.05, 0.1) is 6.04 Å². The Balaban J connectivity index is 0.000000686. The molecular weight excluding hydrogens is 216 g/mol. The van der Waals surface area contributed by atoms with E-state index >= 15 is 0 Å². The first-order valence-corrected chi connectivity index (χ1v) is 6.59. The summed E-state index contributed by atoms with van der Waals surface area (Å²) >= 11 is 0. The molecule has 2 aliphatic rings. The minimum atomic E-state index is -0.116. The number of amides is 1. The van der Waals surface area contributed by atoms with Crippen LogP contribution >= 0.6 is 0 Å². The van der Waals surface area contributed by atoms with Gasteiger partial charge in [0.1, 0.15) is 0 Å². The number of hydrogen-bond acceptors (Lipinski definition) is 3. The van der Waals surface area contributed by atoms with Gasteiger partial charge in [0.2, 0.25) is 5.91 Å². The second-order valence-corrected chi connectivity index (χ2v) is 4.76. The largest absolute Gasteiger partial charge is 0.333 e. The summed E-state index contributed by atoms with van der Waals surface area (Å²) < 4.78 is 0. The minimum absolute atomic E-state index is 0.116. The fourth-order valence-corrected chi connectivity index (χ4v) is 2.92. The number of carbonyl (C=O) groups is 2. The van der Waals surface area contributed by atoms with E-state index in [2.05, 4.69) is 5.73 Å². The molecule has 0 spiro atoms. The molecule has 0 aliphatic carbocycles. The third-order valence-corrected chi connectivity index (χ3v) is 3.68. The highest BCUT2D eigenvalue weighted by Gasteiger charge is 2.36. The van der Waals surface area contributed by atoms with Gasteiger partial charge in [0.15, 0.2) is 5.78 Å². The topological polar surface area (TPSA) is 63.4 Å². The van der Waals surface area contributed by atoms with Crippen LogP contribution in [0.15, 0.2) is 0 Å². The molecule has 0 aromatic rings. The molecule has 2 atom stereocenters. The van der Waals surface area contributed by atoms with Crippen LogP contribution in [0.25, 0.3) is 0 Å². The summed E-state index contributed by atoms with van der Waals surface area (Å²) in [6.45, 7) is 1.62. The maximum absolute atomic E-state index is 11.9. The van der Waals surface area contributed by atoms with Gasteiger partial charge in [-0.25, -0.2) is 0 Å². The lowest BCUT2D eigenvalue weighted by molar-refractivity contribution is -0.143. The number of piperidine rings is 1. The van der Waals surface area contributed by atoms with Crippen molar-refractivity contribution in [2.75, 3.05) is 7.05 Å². The number of ketones is 1. The number of carbonyl (C=O) groups excluding carboxylic acids is 2. The smallest absolute Gasteiger partial charge is 0.223 e. The van der Waals surface area contributed by atoms with Crippen molar-refractivity contribution in [3.63, 3.8) is 0 Å². The molecular formula is C13H24N2O2. The molecule has 0 bridgehead atoms. The summed E-state index contributed by atoms with van der Waals surface area (Å²) in [5, 5.41) is 0.